The number of rotatable bonds is 5. The number of anilines is 1. The van der Waals surface area contributed by atoms with Gasteiger partial charge in [-0.1, -0.05) is 0 Å². The van der Waals surface area contributed by atoms with Gasteiger partial charge < -0.3 is 10.6 Å². The second-order valence-corrected chi connectivity index (χ2v) is 4.22. The van der Waals surface area contributed by atoms with Crippen molar-refractivity contribution in [2.24, 2.45) is 0 Å². The van der Waals surface area contributed by atoms with E-state index in [0.29, 0.717) is 18.1 Å². The van der Waals surface area contributed by atoms with Gasteiger partial charge in [-0.3, -0.25) is 4.79 Å². The molecule has 0 fully saturated rings. The van der Waals surface area contributed by atoms with Gasteiger partial charge in [0.15, 0.2) is 5.69 Å². The zero-order chi connectivity index (χ0) is 12.8. The molecule has 0 aliphatic heterocycles. The van der Waals surface area contributed by atoms with Crippen LogP contribution in [0.1, 0.15) is 23.1 Å². The molecule has 2 N–H and O–H groups in total. The van der Waals surface area contributed by atoms with Crippen molar-refractivity contribution in [3.8, 4) is 0 Å². The topological polar surface area (TPSA) is 79.8 Å². The molecule has 2 rings (SSSR count). The van der Waals surface area contributed by atoms with Crippen molar-refractivity contribution in [2.75, 3.05) is 11.9 Å². The van der Waals surface area contributed by atoms with Gasteiger partial charge in [0.25, 0.3) is 5.91 Å². The molecule has 6 nitrogen and oxygen atoms in total. The third-order valence-electron chi connectivity index (χ3n) is 2.17. The number of thiazole rings is 1. The molecule has 0 spiro atoms. The van der Waals surface area contributed by atoms with Gasteiger partial charge in [0.05, 0.1) is 17.7 Å². The van der Waals surface area contributed by atoms with Gasteiger partial charge in [-0.25, -0.2) is 4.98 Å². The minimum atomic E-state index is -0.251. The Labute approximate surface area is 108 Å². The predicted molar refractivity (Wildman–Crippen MR) is 69.5 cm³/mol. The minimum absolute atomic E-state index is 0.251. The third kappa shape index (κ3) is 3.24. The Kier molecular flexibility index (Phi) is 4.19. The van der Waals surface area contributed by atoms with Crippen LogP contribution in [0.2, 0.25) is 0 Å². The number of hydrogen-bond donors (Lipinski definition) is 2. The van der Waals surface area contributed by atoms with Crippen LogP contribution in [0.5, 0.6) is 0 Å². The summed E-state index contributed by atoms with van der Waals surface area (Å²) >= 11 is 1.50. The molecule has 0 aliphatic carbocycles. The summed E-state index contributed by atoms with van der Waals surface area (Å²) in [6, 6.07) is 3.37. The number of hydrogen-bond acceptors (Lipinski definition) is 6. The molecular formula is C11H13N5OS. The summed E-state index contributed by atoms with van der Waals surface area (Å²) in [7, 11) is 0. The summed E-state index contributed by atoms with van der Waals surface area (Å²) in [5.74, 6) is 0.409. The van der Waals surface area contributed by atoms with Crippen molar-refractivity contribution < 1.29 is 4.79 Å². The molecule has 0 aromatic carbocycles. The smallest absolute Gasteiger partial charge is 0.272 e. The van der Waals surface area contributed by atoms with Crippen LogP contribution in [0.3, 0.4) is 0 Å². The molecule has 2 aromatic rings. The Bertz CT molecular complexity index is 497. The molecule has 0 atom stereocenters. The van der Waals surface area contributed by atoms with E-state index in [1.807, 2.05) is 12.3 Å². The van der Waals surface area contributed by atoms with Crippen LogP contribution in [0, 0.1) is 0 Å². The van der Waals surface area contributed by atoms with Crippen LogP contribution >= 0.6 is 11.3 Å². The molecule has 0 saturated carbocycles. The van der Waals surface area contributed by atoms with Gasteiger partial charge in [0.1, 0.15) is 5.82 Å². The molecular weight excluding hydrogens is 250 g/mol. The van der Waals surface area contributed by atoms with Crippen molar-refractivity contribution in [1.29, 1.82) is 0 Å². The summed E-state index contributed by atoms with van der Waals surface area (Å²) in [5.41, 5.74) is 2.87. The fourth-order valence-electron chi connectivity index (χ4n) is 1.32. The van der Waals surface area contributed by atoms with Crippen molar-refractivity contribution in [3.63, 3.8) is 0 Å². The average molecular weight is 263 g/mol. The Morgan fingerprint density at radius 1 is 1.39 bits per heavy atom. The Morgan fingerprint density at radius 3 is 2.89 bits per heavy atom. The predicted octanol–water partition coefficient (Wildman–Crippen LogP) is 1.29. The molecule has 0 radical (unpaired) electrons. The summed E-state index contributed by atoms with van der Waals surface area (Å²) in [6.45, 7) is 3.14. The van der Waals surface area contributed by atoms with Crippen molar-refractivity contribution in [3.05, 3.63) is 34.4 Å². The molecule has 7 heteroatoms. The molecule has 1 amide bonds. The molecule has 0 unspecified atom stereocenters. The second-order valence-electron chi connectivity index (χ2n) is 3.50. The lowest BCUT2D eigenvalue weighted by Gasteiger charge is -2.03. The van der Waals surface area contributed by atoms with Gasteiger partial charge >= 0.3 is 0 Å². The van der Waals surface area contributed by atoms with Crippen LogP contribution in [0.15, 0.2) is 23.0 Å². The summed E-state index contributed by atoms with van der Waals surface area (Å²) < 4.78 is 0. The summed E-state index contributed by atoms with van der Waals surface area (Å²) in [5, 5.41) is 15.4. The van der Waals surface area contributed by atoms with E-state index >= 15 is 0 Å². The van der Waals surface area contributed by atoms with Crippen LogP contribution in [0.4, 0.5) is 5.82 Å². The average Bonchev–Trinajstić information content (AvgIpc) is 2.90. The number of aromatic nitrogens is 3. The molecule has 0 bridgehead atoms. The highest BCUT2D eigenvalue weighted by Crippen LogP contribution is 2.03. The van der Waals surface area contributed by atoms with Gasteiger partial charge in [-0.2, -0.15) is 0 Å². The zero-order valence-electron chi connectivity index (χ0n) is 9.88. The van der Waals surface area contributed by atoms with Crippen molar-refractivity contribution in [2.45, 2.75) is 13.5 Å². The third-order valence-corrected chi connectivity index (χ3v) is 2.80. The molecule has 18 heavy (non-hydrogen) atoms. The van der Waals surface area contributed by atoms with E-state index in [-0.39, 0.29) is 5.91 Å². The molecule has 0 saturated heterocycles. The maximum Gasteiger partial charge on any atom is 0.272 e. The van der Waals surface area contributed by atoms with E-state index in [1.54, 1.807) is 17.6 Å². The first kappa shape index (κ1) is 12.4. The van der Waals surface area contributed by atoms with Gasteiger partial charge in [-0.05, 0) is 19.1 Å². The Hall–Kier alpha value is -2.02. The maximum absolute atomic E-state index is 11.8. The van der Waals surface area contributed by atoms with Crippen molar-refractivity contribution >= 4 is 23.1 Å². The molecule has 94 valence electrons. The first-order valence-electron chi connectivity index (χ1n) is 5.52. The van der Waals surface area contributed by atoms with Crippen molar-refractivity contribution in [1.82, 2.24) is 20.5 Å². The SMILES string of the molecule is CCNc1ccc(C(=O)NCc2cscn2)nn1. The fraction of sp³-hybridized carbons (Fsp3) is 0.273. The maximum atomic E-state index is 11.8. The lowest BCUT2D eigenvalue weighted by molar-refractivity contribution is 0.0944. The lowest BCUT2D eigenvalue weighted by atomic mass is 10.3. The normalized spacial score (nSPS) is 10.1. The number of carbonyl (C=O) groups excluding carboxylic acids is 1. The quantitative estimate of drug-likeness (QED) is 0.849. The standard InChI is InChI=1S/C11H13N5OS/c1-2-12-10-4-3-9(15-16-10)11(17)13-5-8-6-18-7-14-8/h3-4,6-7H,2,5H2,1H3,(H,12,16)(H,13,17). The highest BCUT2D eigenvalue weighted by molar-refractivity contribution is 7.07. The minimum Gasteiger partial charge on any atom is -0.369 e. The van der Waals surface area contributed by atoms with Gasteiger partial charge in [-0.15, -0.1) is 21.5 Å². The molecule has 2 heterocycles. The first-order chi connectivity index (χ1) is 8.79. The fourth-order valence-corrected chi connectivity index (χ4v) is 1.87. The molecule has 0 aliphatic rings. The van der Waals surface area contributed by atoms with Gasteiger partial charge in [0.2, 0.25) is 0 Å². The van der Waals surface area contributed by atoms with E-state index in [9.17, 15) is 4.79 Å². The number of carbonyl (C=O) groups is 1. The monoisotopic (exact) mass is 263 g/mol. The lowest BCUT2D eigenvalue weighted by Crippen LogP contribution is -2.24. The van der Waals surface area contributed by atoms with Crippen LogP contribution < -0.4 is 10.6 Å². The van der Waals surface area contributed by atoms with Crippen LogP contribution in [-0.4, -0.2) is 27.6 Å². The van der Waals surface area contributed by atoms with Crippen LogP contribution in [-0.2, 0) is 6.54 Å². The van der Waals surface area contributed by atoms with Gasteiger partial charge in [0, 0.05) is 11.9 Å². The highest BCUT2D eigenvalue weighted by atomic mass is 32.1. The van der Waals surface area contributed by atoms with E-state index in [4.69, 9.17) is 0 Å². The Morgan fingerprint density at radius 2 is 2.28 bits per heavy atom. The number of nitrogens with one attached hydrogen (secondary N) is 2. The summed E-state index contributed by atoms with van der Waals surface area (Å²) in [6.07, 6.45) is 0. The first-order valence-corrected chi connectivity index (χ1v) is 6.46. The Balaban J connectivity index is 1.92. The van der Waals surface area contributed by atoms with E-state index in [0.717, 1.165) is 12.2 Å². The van der Waals surface area contributed by atoms with Crippen LogP contribution in [0.25, 0.3) is 0 Å². The van der Waals surface area contributed by atoms with E-state index in [1.165, 1.54) is 11.3 Å². The van der Waals surface area contributed by atoms with E-state index < -0.39 is 0 Å². The number of nitrogens with zero attached hydrogens (tertiary/aromatic N) is 3. The number of amides is 1. The molecule has 2 aromatic heterocycles. The highest BCUT2D eigenvalue weighted by Gasteiger charge is 2.08. The largest absolute Gasteiger partial charge is 0.369 e. The zero-order valence-corrected chi connectivity index (χ0v) is 10.7. The second kappa shape index (κ2) is 6.06. The van der Waals surface area contributed by atoms with E-state index in [2.05, 4.69) is 25.8 Å². The summed E-state index contributed by atoms with van der Waals surface area (Å²) in [4.78, 5) is 15.8.